The first kappa shape index (κ1) is 28.1. The van der Waals surface area contributed by atoms with Gasteiger partial charge in [0.05, 0.1) is 30.7 Å². The highest BCUT2D eigenvalue weighted by Crippen LogP contribution is 2.31. The molecule has 3 heterocycles. The van der Waals surface area contributed by atoms with Crippen molar-refractivity contribution >= 4 is 17.5 Å². The van der Waals surface area contributed by atoms with E-state index in [4.69, 9.17) is 4.74 Å². The Kier molecular flexibility index (Phi) is 8.57. The summed E-state index contributed by atoms with van der Waals surface area (Å²) in [4.78, 5) is 34.4. The number of aromatic nitrogens is 4. The Bertz CT molecular complexity index is 1120. The van der Waals surface area contributed by atoms with Gasteiger partial charge in [0, 0.05) is 44.6 Å². The molecule has 1 aliphatic rings. The molecule has 0 saturated carbocycles. The van der Waals surface area contributed by atoms with E-state index in [1.165, 1.54) is 11.8 Å². The number of aromatic amines is 1. The van der Waals surface area contributed by atoms with Crippen molar-refractivity contribution < 1.29 is 41.0 Å². The third-order valence-corrected chi connectivity index (χ3v) is 5.31. The number of amides is 1. The first-order chi connectivity index (χ1) is 17.3. The minimum atomic E-state index is -4.91. The van der Waals surface area contributed by atoms with Crippen LogP contribution >= 0.6 is 0 Å². The largest absolute Gasteiger partial charge is 0.423 e. The fourth-order valence-electron chi connectivity index (χ4n) is 3.49. The Morgan fingerprint density at radius 2 is 1.70 bits per heavy atom. The Morgan fingerprint density at radius 3 is 2.27 bits per heavy atom. The molecule has 1 amide bonds. The molecular formula is C20H23F6N7O4. The summed E-state index contributed by atoms with van der Waals surface area (Å²) >= 11 is 0. The Morgan fingerprint density at radius 1 is 1.08 bits per heavy atom. The molecule has 2 atom stereocenters. The molecule has 11 nitrogen and oxygen atoms in total. The first-order valence-corrected chi connectivity index (χ1v) is 10.9. The van der Waals surface area contributed by atoms with Gasteiger partial charge in [0.15, 0.2) is 6.10 Å². The van der Waals surface area contributed by atoms with Gasteiger partial charge in [-0.15, -0.1) is 0 Å². The number of anilines is 2. The number of carbonyl (C=O) groups excluding carboxylic acids is 1. The number of aliphatic hydroxyl groups excluding tert-OH is 1. The molecule has 0 aliphatic carbocycles. The van der Waals surface area contributed by atoms with E-state index in [-0.39, 0.29) is 38.7 Å². The van der Waals surface area contributed by atoms with Crippen molar-refractivity contribution in [3.8, 4) is 0 Å². The molecule has 17 heteroatoms. The van der Waals surface area contributed by atoms with E-state index in [2.05, 4.69) is 20.4 Å². The van der Waals surface area contributed by atoms with E-state index in [1.54, 1.807) is 10.00 Å². The maximum atomic E-state index is 13.1. The van der Waals surface area contributed by atoms with Gasteiger partial charge in [0.2, 0.25) is 5.95 Å². The number of ether oxygens (including phenoxy) is 1. The number of H-pyrrole nitrogens is 1. The van der Waals surface area contributed by atoms with Gasteiger partial charge in [-0.2, -0.15) is 31.4 Å². The molecule has 0 spiro atoms. The lowest BCUT2D eigenvalue weighted by Crippen LogP contribution is -2.52. The summed E-state index contributed by atoms with van der Waals surface area (Å²) in [5.41, 5.74) is -4.37. The van der Waals surface area contributed by atoms with Gasteiger partial charge in [-0.05, 0) is 6.92 Å². The average molecular weight is 539 g/mol. The highest BCUT2D eigenvalue weighted by molar-refractivity contribution is 5.81. The number of rotatable bonds is 8. The summed E-state index contributed by atoms with van der Waals surface area (Å²) in [6.45, 7) is 1.56. The highest BCUT2D eigenvalue weighted by Gasteiger charge is 2.37. The van der Waals surface area contributed by atoms with Crippen LogP contribution in [0.15, 0.2) is 23.4 Å². The average Bonchev–Trinajstić information content (AvgIpc) is 2.82. The van der Waals surface area contributed by atoms with E-state index in [1.807, 2.05) is 0 Å². The topological polar surface area (TPSA) is 137 Å². The van der Waals surface area contributed by atoms with E-state index in [9.17, 15) is 41.0 Å². The zero-order valence-corrected chi connectivity index (χ0v) is 19.3. The van der Waals surface area contributed by atoms with Crippen molar-refractivity contribution in [2.45, 2.75) is 31.4 Å². The zero-order chi connectivity index (χ0) is 27.4. The second-order valence-electron chi connectivity index (χ2n) is 8.17. The predicted molar refractivity (Wildman–Crippen MR) is 116 cm³/mol. The number of hydrogen-bond donors (Lipinski definition) is 3. The molecular weight excluding hydrogens is 516 g/mol. The van der Waals surface area contributed by atoms with Crippen LogP contribution in [0.4, 0.5) is 38.0 Å². The Labute approximate surface area is 205 Å². The number of alkyl halides is 6. The minimum Gasteiger partial charge on any atom is -0.381 e. The molecule has 1 saturated heterocycles. The first-order valence-electron chi connectivity index (χ1n) is 10.9. The number of piperazine rings is 1. The maximum Gasteiger partial charge on any atom is 0.423 e. The van der Waals surface area contributed by atoms with Gasteiger partial charge in [-0.3, -0.25) is 9.59 Å². The molecule has 37 heavy (non-hydrogen) atoms. The van der Waals surface area contributed by atoms with E-state index >= 15 is 0 Å². The predicted octanol–water partition coefficient (Wildman–Crippen LogP) is 1.12. The molecule has 2 aromatic heterocycles. The van der Waals surface area contributed by atoms with Gasteiger partial charge in [-0.25, -0.2) is 15.1 Å². The van der Waals surface area contributed by atoms with Gasteiger partial charge in [-0.1, -0.05) is 0 Å². The van der Waals surface area contributed by atoms with E-state index in [0.29, 0.717) is 12.4 Å². The fraction of sp³-hybridized carbons (Fsp3) is 0.550. The number of halogens is 6. The van der Waals surface area contributed by atoms with Gasteiger partial charge < -0.3 is 25.0 Å². The maximum absolute atomic E-state index is 13.1. The zero-order valence-electron chi connectivity index (χ0n) is 19.3. The van der Waals surface area contributed by atoms with Crippen LogP contribution < -0.4 is 15.8 Å². The summed E-state index contributed by atoms with van der Waals surface area (Å²) in [5, 5.41) is 17.7. The number of aliphatic hydroxyl groups is 1. The summed E-state index contributed by atoms with van der Waals surface area (Å²) < 4.78 is 82.6. The van der Waals surface area contributed by atoms with Crippen LogP contribution in [0.2, 0.25) is 0 Å². The molecule has 0 bridgehead atoms. The normalized spacial score (nSPS) is 16.4. The monoisotopic (exact) mass is 539 g/mol. The third kappa shape index (κ3) is 7.28. The van der Waals surface area contributed by atoms with Crippen molar-refractivity contribution in [2.75, 3.05) is 49.6 Å². The lowest BCUT2D eigenvalue weighted by Gasteiger charge is -2.35. The van der Waals surface area contributed by atoms with Gasteiger partial charge in [0.1, 0.15) is 5.56 Å². The molecule has 1 fully saturated rings. The fourth-order valence-corrected chi connectivity index (χ4v) is 3.49. The number of hydrogen-bond acceptors (Lipinski definition) is 9. The summed E-state index contributed by atoms with van der Waals surface area (Å²) in [5.74, 6) is -0.568. The number of nitrogens with one attached hydrogen (secondary N) is 2. The molecule has 2 aromatic rings. The summed E-state index contributed by atoms with van der Waals surface area (Å²) in [6.07, 6.45) is -8.85. The lowest BCUT2D eigenvalue weighted by molar-refractivity contribution is -0.144. The third-order valence-electron chi connectivity index (χ3n) is 5.31. The molecule has 0 unspecified atom stereocenters. The Balaban J connectivity index is 1.44. The van der Waals surface area contributed by atoms with E-state index in [0.717, 1.165) is 6.20 Å². The van der Waals surface area contributed by atoms with Crippen LogP contribution in [0.25, 0.3) is 0 Å². The number of nitrogens with zero attached hydrogens (tertiary/aromatic N) is 5. The van der Waals surface area contributed by atoms with Crippen molar-refractivity contribution in [3.05, 3.63) is 40.1 Å². The molecule has 0 aromatic carbocycles. The van der Waals surface area contributed by atoms with Crippen LogP contribution in [0.1, 0.15) is 18.1 Å². The highest BCUT2D eigenvalue weighted by atomic mass is 19.4. The molecule has 1 aliphatic heterocycles. The molecule has 204 valence electrons. The van der Waals surface area contributed by atoms with Crippen molar-refractivity contribution in [1.29, 1.82) is 0 Å². The lowest BCUT2D eigenvalue weighted by atomic mass is 10.2. The quantitative estimate of drug-likeness (QED) is 0.422. The van der Waals surface area contributed by atoms with Crippen LogP contribution in [0.5, 0.6) is 0 Å². The standard InChI is InChI=1S/C20H23F6N7O4/c1-11(30-13-8-29-31-16(35)15(13)20(24,25)26)9-37-10-14(34)17(36)32-2-4-33(5-3-32)18-27-6-12(7-28-18)19(21,22)23/h6-8,11,14,34H,2-5,9-10H2,1H3,(H2,30,31,35)/t11-,14+/m0/s1. The van der Waals surface area contributed by atoms with E-state index < -0.39 is 59.4 Å². The summed E-state index contributed by atoms with van der Waals surface area (Å²) in [7, 11) is 0. The smallest absolute Gasteiger partial charge is 0.381 e. The number of carbonyl (C=O) groups is 1. The SMILES string of the molecule is C[C@@H](COC[C@@H](O)C(=O)N1CCN(c2ncc(C(F)(F)F)cn2)CC1)Nc1cn[nH]c(=O)c1C(F)(F)F. The van der Waals surface area contributed by atoms with Gasteiger partial charge in [0.25, 0.3) is 11.5 Å². The van der Waals surface area contributed by atoms with Crippen molar-refractivity contribution in [3.63, 3.8) is 0 Å². The summed E-state index contributed by atoms with van der Waals surface area (Å²) in [6, 6.07) is -0.737. The van der Waals surface area contributed by atoms with Crippen LogP contribution in [0.3, 0.4) is 0 Å². The molecule has 0 radical (unpaired) electrons. The van der Waals surface area contributed by atoms with Crippen LogP contribution in [-0.4, -0.2) is 87.6 Å². The van der Waals surface area contributed by atoms with Crippen molar-refractivity contribution in [2.24, 2.45) is 0 Å². The van der Waals surface area contributed by atoms with Gasteiger partial charge >= 0.3 is 12.4 Å². The Hall–Kier alpha value is -3.47. The second kappa shape index (κ2) is 11.3. The van der Waals surface area contributed by atoms with Crippen molar-refractivity contribution in [1.82, 2.24) is 25.1 Å². The molecule has 3 N–H and O–H groups in total. The molecule has 3 rings (SSSR count). The second-order valence-corrected chi connectivity index (χ2v) is 8.17. The minimum absolute atomic E-state index is 0.0785. The van der Waals surface area contributed by atoms with Crippen LogP contribution in [-0.2, 0) is 21.9 Å². The van der Waals surface area contributed by atoms with Crippen LogP contribution in [0, 0.1) is 0 Å².